The molecule has 0 bridgehead atoms. The molecule has 1 aromatic carbocycles. The highest BCUT2D eigenvalue weighted by molar-refractivity contribution is 7.09. The maximum Gasteiger partial charge on any atom is 0.123 e. The van der Waals surface area contributed by atoms with Crippen LogP contribution in [0.2, 0.25) is 0 Å². The van der Waals surface area contributed by atoms with Crippen molar-refractivity contribution in [3.8, 4) is 0 Å². The fraction of sp³-hybridized carbons (Fsp3) is 0.308. The Morgan fingerprint density at radius 2 is 1.81 bits per heavy atom. The molecule has 16 heavy (non-hydrogen) atoms. The van der Waals surface area contributed by atoms with Crippen molar-refractivity contribution >= 4 is 11.3 Å². The van der Waals surface area contributed by atoms with Crippen LogP contribution in [-0.2, 0) is 5.41 Å². The summed E-state index contributed by atoms with van der Waals surface area (Å²) in [4.78, 5) is 4.51. The Hall–Kier alpha value is -1.22. The van der Waals surface area contributed by atoms with Gasteiger partial charge in [-0.3, -0.25) is 0 Å². The number of nitrogens with zero attached hydrogens (tertiary/aromatic N) is 1. The van der Waals surface area contributed by atoms with Crippen molar-refractivity contribution in [2.45, 2.75) is 26.2 Å². The average molecular weight is 235 g/mol. The zero-order valence-corrected chi connectivity index (χ0v) is 10.4. The van der Waals surface area contributed by atoms with Gasteiger partial charge in [-0.2, -0.15) is 0 Å². The van der Waals surface area contributed by atoms with Crippen molar-refractivity contribution in [1.82, 2.24) is 4.98 Å². The fourth-order valence-electron chi connectivity index (χ4n) is 1.63. The molecule has 1 aromatic heterocycles. The first-order valence-electron chi connectivity index (χ1n) is 5.19. The van der Waals surface area contributed by atoms with Crippen LogP contribution in [0.15, 0.2) is 29.6 Å². The van der Waals surface area contributed by atoms with Crippen molar-refractivity contribution in [2.75, 3.05) is 0 Å². The second-order valence-electron chi connectivity index (χ2n) is 4.43. The summed E-state index contributed by atoms with van der Waals surface area (Å²) < 4.78 is 12.9. The number of thiazole rings is 1. The Kier molecular flexibility index (Phi) is 2.80. The molecule has 0 unspecified atom stereocenters. The first kappa shape index (κ1) is 11.3. The van der Waals surface area contributed by atoms with E-state index in [9.17, 15) is 4.39 Å². The Balaban J connectivity index is 2.42. The van der Waals surface area contributed by atoms with E-state index in [1.165, 1.54) is 12.1 Å². The molecule has 0 aliphatic carbocycles. The molecule has 0 fully saturated rings. The third-order valence-corrected chi connectivity index (χ3v) is 4.00. The van der Waals surface area contributed by atoms with E-state index in [1.54, 1.807) is 11.3 Å². The quantitative estimate of drug-likeness (QED) is 0.769. The number of halogens is 1. The minimum Gasteiger partial charge on any atom is -0.246 e. The molecule has 2 aromatic rings. The number of benzene rings is 1. The lowest BCUT2D eigenvalue weighted by Crippen LogP contribution is -2.18. The molecule has 0 aliphatic heterocycles. The molecule has 1 nitrogen and oxygen atoms in total. The van der Waals surface area contributed by atoms with Crippen molar-refractivity contribution < 1.29 is 4.39 Å². The van der Waals surface area contributed by atoms with Crippen LogP contribution in [0.4, 0.5) is 4.39 Å². The summed E-state index contributed by atoms with van der Waals surface area (Å²) in [5, 5.41) is 3.11. The third kappa shape index (κ3) is 2.00. The number of rotatable bonds is 2. The monoisotopic (exact) mass is 235 g/mol. The second-order valence-corrected chi connectivity index (χ2v) is 5.28. The van der Waals surface area contributed by atoms with E-state index in [1.807, 2.05) is 24.4 Å². The largest absolute Gasteiger partial charge is 0.246 e. The van der Waals surface area contributed by atoms with Gasteiger partial charge in [0.15, 0.2) is 0 Å². The molecule has 1 heterocycles. The van der Waals surface area contributed by atoms with Gasteiger partial charge in [0.25, 0.3) is 0 Å². The van der Waals surface area contributed by atoms with Gasteiger partial charge in [0.05, 0.1) is 0 Å². The van der Waals surface area contributed by atoms with E-state index in [0.29, 0.717) is 0 Å². The van der Waals surface area contributed by atoms with Gasteiger partial charge >= 0.3 is 0 Å². The van der Waals surface area contributed by atoms with Crippen LogP contribution >= 0.6 is 11.3 Å². The molecule has 0 radical (unpaired) electrons. The number of hydrogen-bond acceptors (Lipinski definition) is 2. The standard InChI is InChI=1S/C13H14FNS/c1-9-8-16-12(15-9)13(2,3)10-4-6-11(14)7-5-10/h4-8H,1-3H3. The molecule has 0 saturated heterocycles. The molecule has 0 saturated carbocycles. The van der Waals surface area contributed by atoms with Gasteiger partial charge in [-0.15, -0.1) is 11.3 Å². The summed E-state index contributed by atoms with van der Waals surface area (Å²) >= 11 is 1.65. The minimum atomic E-state index is -0.199. The molecule has 3 heteroatoms. The lowest BCUT2D eigenvalue weighted by molar-refractivity contribution is 0.611. The minimum absolute atomic E-state index is 0.160. The molecule has 0 spiro atoms. The highest BCUT2D eigenvalue weighted by Gasteiger charge is 2.26. The maximum atomic E-state index is 12.9. The topological polar surface area (TPSA) is 12.9 Å². The summed E-state index contributed by atoms with van der Waals surface area (Å²) in [5.74, 6) is -0.199. The van der Waals surface area contributed by atoms with Crippen molar-refractivity contribution in [3.05, 3.63) is 51.7 Å². The lowest BCUT2D eigenvalue weighted by Gasteiger charge is -2.22. The SMILES string of the molecule is Cc1csc(C(C)(C)c2ccc(F)cc2)n1. The van der Waals surface area contributed by atoms with Crippen LogP contribution in [0, 0.1) is 12.7 Å². The van der Waals surface area contributed by atoms with Gasteiger partial charge < -0.3 is 0 Å². The van der Waals surface area contributed by atoms with Crippen LogP contribution in [0.3, 0.4) is 0 Å². The van der Waals surface area contributed by atoms with Gasteiger partial charge in [-0.1, -0.05) is 12.1 Å². The molecular formula is C13H14FNS. The number of hydrogen-bond donors (Lipinski definition) is 0. The summed E-state index contributed by atoms with van der Waals surface area (Å²) in [6.07, 6.45) is 0. The average Bonchev–Trinajstić information content (AvgIpc) is 2.66. The normalized spacial score (nSPS) is 11.8. The molecular weight excluding hydrogens is 221 g/mol. The maximum absolute atomic E-state index is 12.9. The molecule has 0 N–H and O–H groups in total. The van der Waals surface area contributed by atoms with Gasteiger partial charge in [0, 0.05) is 16.5 Å². The Labute approximate surface area is 99.0 Å². The first-order chi connectivity index (χ1) is 7.50. The van der Waals surface area contributed by atoms with Crippen LogP contribution < -0.4 is 0 Å². The third-order valence-electron chi connectivity index (χ3n) is 2.72. The molecule has 2 rings (SSSR count). The molecule has 0 amide bonds. The smallest absolute Gasteiger partial charge is 0.123 e. The van der Waals surface area contributed by atoms with Crippen LogP contribution in [-0.4, -0.2) is 4.98 Å². The highest BCUT2D eigenvalue weighted by Crippen LogP contribution is 2.33. The Morgan fingerprint density at radius 1 is 1.19 bits per heavy atom. The zero-order chi connectivity index (χ0) is 11.8. The van der Waals surface area contributed by atoms with Crippen molar-refractivity contribution in [3.63, 3.8) is 0 Å². The summed E-state index contributed by atoms with van der Waals surface area (Å²) in [5.41, 5.74) is 1.96. The predicted octanol–water partition coefficient (Wildman–Crippen LogP) is 3.92. The fourth-order valence-corrected chi connectivity index (χ4v) is 2.58. The van der Waals surface area contributed by atoms with Crippen LogP contribution in [0.5, 0.6) is 0 Å². The lowest BCUT2D eigenvalue weighted by atomic mass is 9.85. The second kappa shape index (κ2) is 3.98. The summed E-state index contributed by atoms with van der Waals surface area (Å²) in [6, 6.07) is 6.65. The highest BCUT2D eigenvalue weighted by atomic mass is 32.1. The molecule has 0 atom stereocenters. The van der Waals surface area contributed by atoms with E-state index >= 15 is 0 Å². The molecule has 84 valence electrons. The Morgan fingerprint density at radius 3 is 2.31 bits per heavy atom. The van der Waals surface area contributed by atoms with Crippen molar-refractivity contribution in [1.29, 1.82) is 0 Å². The van der Waals surface area contributed by atoms with Crippen LogP contribution in [0.25, 0.3) is 0 Å². The zero-order valence-electron chi connectivity index (χ0n) is 9.62. The van der Waals surface area contributed by atoms with E-state index in [4.69, 9.17) is 0 Å². The number of aryl methyl sites for hydroxylation is 1. The van der Waals surface area contributed by atoms with Gasteiger partial charge in [0.1, 0.15) is 10.8 Å². The predicted molar refractivity (Wildman–Crippen MR) is 65.4 cm³/mol. The number of aromatic nitrogens is 1. The van der Waals surface area contributed by atoms with Gasteiger partial charge in [-0.05, 0) is 38.5 Å². The first-order valence-corrected chi connectivity index (χ1v) is 6.07. The van der Waals surface area contributed by atoms with E-state index in [-0.39, 0.29) is 11.2 Å². The molecule has 0 aliphatic rings. The summed E-state index contributed by atoms with van der Waals surface area (Å²) in [6.45, 7) is 6.21. The van der Waals surface area contributed by atoms with E-state index in [0.717, 1.165) is 16.3 Å². The van der Waals surface area contributed by atoms with Gasteiger partial charge in [-0.25, -0.2) is 9.37 Å². The van der Waals surface area contributed by atoms with Gasteiger partial charge in [0.2, 0.25) is 0 Å². The summed E-state index contributed by atoms with van der Waals surface area (Å²) in [7, 11) is 0. The van der Waals surface area contributed by atoms with Crippen molar-refractivity contribution in [2.24, 2.45) is 0 Å². The Bertz CT molecular complexity index is 485. The van der Waals surface area contributed by atoms with E-state index in [2.05, 4.69) is 18.8 Å². The van der Waals surface area contributed by atoms with Crippen LogP contribution in [0.1, 0.15) is 30.1 Å². The van der Waals surface area contributed by atoms with E-state index < -0.39 is 0 Å².